The van der Waals surface area contributed by atoms with Crippen LogP contribution in [0, 0.1) is 22.0 Å². The van der Waals surface area contributed by atoms with Gasteiger partial charge in [-0.1, -0.05) is 17.9 Å². The summed E-state index contributed by atoms with van der Waals surface area (Å²) in [5.41, 5.74) is 0.157. The van der Waals surface area contributed by atoms with Crippen LogP contribution < -0.4 is 10.1 Å². The van der Waals surface area contributed by atoms with Crippen molar-refractivity contribution in [1.82, 2.24) is 5.32 Å². The van der Waals surface area contributed by atoms with Gasteiger partial charge in [-0.2, -0.15) is 0 Å². The highest BCUT2D eigenvalue weighted by Gasteiger charge is 2.15. The Hall–Kier alpha value is -2.55. The number of benzene rings is 1. The molecule has 100 valence electrons. The monoisotopic (exact) mass is 262 g/mol. The number of ether oxygens (including phenoxy) is 1. The molecule has 0 bridgehead atoms. The van der Waals surface area contributed by atoms with Crippen LogP contribution in [0.1, 0.15) is 18.9 Å². The minimum absolute atomic E-state index is 0.0913. The first-order valence-electron chi connectivity index (χ1n) is 5.61. The Morgan fingerprint density at radius 2 is 2.26 bits per heavy atom. The van der Waals surface area contributed by atoms with Crippen LogP contribution in [0.15, 0.2) is 18.2 Å². The average molecular weight is 262 g/mol. The molecule has 0 unspecified atom stereocenters. The first kappa shape index (κ1) is 14.5. The zero-order valence-electron chi connectivity index (χ0n) is 10.7. The van der Waals surface area contributed by atoms with Gasteiger partial charge in [0.05, 0.1) is 12.0 Å². The molecule has 0 aliphatic rings. The van der Waals surface area contributed by atoms with Crippen LogP contribution in [-0.2, 0) is 4.79 Å². The molecule has 0 saturated heterocycles. The SMILES string of the molecule is COc1cccc([N+](=O)[O-])c1C#CCCNC(C)=O. The fraction of sp³-hybridized carbons (Fsp3) is 0.308. The Bertz CT molecular complexity index is 543. The molecule has 6 heteroatoms. The van der Waals surface area contributed by atoms with Crippen molar-refractivity contribution in [3.63, 3.8) is 0 Å². The van der Waals surface area contributed by atoms with E-state index in [1.165, 1.54) is 20.1 Å². The molecule has 0 aromatic heterocycles. The summed E-state index contributed by atoms with van der Waals surface area (Å²) in [7, 11) is 1.43. The largest absolute Gasteiger partial charge is 0.495 e. The maximum atomic E-state index is 10.9. The lowest BCUT2D eigenvalue weighted by atomic mass is 10.1. The van der Waals surface area contributed by atoms with Gasteiger partial charge < -0.3 is 10.1 Å². The van der Waals surface area contributed by atoms with Gasteiger partial charge in [-0.3, -0.25) is 14.9 Å². The van der Waals surface area contributed by atoms with E-state index >= 15 is 0 Å². The van der Waals surface area contributed by atoms with Crippen LogP contribution in [0.3, 0.4) is 0 Å². The third-order valence-electron chi connectivity index (χ3n) is 2.26. The summed E-state index contributed by atoms with van der Waals surface area (Å²) in [4.78, 5) is 21.0. The second-order valence-corrected chi connectivity index (χ2v) is 3.65. The number of nitro benzene ring substituents is 1. The molecule has 0 fully saturated rings. The summed E-state index contributed by atoms with van der Waals surface area (Å²) in [6.07, 6.45) is 0.411. The Morgan fingerprint density at radius 1 is 1.53 bits per heavy atom. The van der Waals surface area contributed by atoms with E-state index in [4.69, 9.17) is 4.74 Å². The molecule has 0 radical (unpaired) electrons. The number of carbonyl (C=O) groups excluding carboxylic acids is 1. The van der Waals surface area contributed by atoms with Gasteiger partial charge in [-0.05, 0) is 6.07 Å². The molecular formula is C13H14N2O4. The van der Waals surface area contributed by atoms with Crippen LogP contribution in [0.5, 0.6) is 5.75 Å². The molecule has 6 nitrogen and oxygen atoms in total. The zero-order valence-corrected chi connectivity index (χ0v) is 10.7. The summed E-state index contributed by atoms with van der Waals surface area (Å²) in [5, 5.41) is 13.5. The van der Waals surface area contributed by atoms with Crippen LogP contribution in [-0.4, -0.2) is 24.5 Å². The van der Waals surface area contributed by atoms with E-state index in [0.717, 1.165) is 0 Å². The summed E-state index contributed by atoms with van der Waals surface area (Å²) in [6, 6.07) is 4.53. The second kappa shape index (κ2) is 7.01. The third-order valence-corrected chi connectivity index (χ3v) is 2.26. The molecule has 1 aromatic rings. The van der Waals surface area contributed by atoms with Crippen molar-refractivity contribution >= 4 is 11.6 Å². The van der Waals surface area contributed by atoms with Crippen molar-refractivity contribution in [2.24, 2.45) is 0 Å². The second-order valence-electron chi connectivity index (χ2n) is 3.65. The van der Waals surface area contributed by atoms with Crippen molar-refractivity contribution in [2.45, 2.75) is 13.3 Å². The van der Waals surface area contributed by atoms with Crippen LogP contribution >= 0.6 is 0 Å². The third kappa shape index (κ3) is 4.32. The van der Waals surface area contributed by atoms with Crippen molar-refractivity contribution in [3.05, 3.63) is 33.9 Å². The van der Waals surface area contributed by atoms with Crippen molar-refractivity contribution in [1.29, 1.82) is 0 Å². The van der Waals surface area contributed by atoms with Gasteiger partial charge in [0.15, 0.2) is 0 Å². The van der Waals surface area contributed by atoms with E-state index in [1.807, 2.05) is 0 Å². The number of carbonyl (C=O) groups is 1. The summed E-state index contributed by atoms with van der Waals surface area (Å²) in [5.74, 6) is 5.73. The van der Waals surface area contributed by atoms with E-state index < -0.39 is 4.92 Å². The minimum atomic E-state index is -0.500. The molecule has 19 heavy (non-hydrogen) atoms. The van der Waals surface area contributed by atoms with E-state index in [0.29, 0.717) is 18.7 Å². The topological polar surface area (TPSA) is 81.5 Å². The molecule has 1 amide bonds. The first-order valence-corrected chi connectivity index (χ1v) is 5.61. The van der Waals surface area contributed by atoms with Crippen molar-refractivity contribution in [2.75, 3.05) is 13.7 Å². The van der Waals surface area contributed by atoms with Crippen LogP contribution in [0.2, 0.25) is 0 Å². The van der Waals surface area contributed by atoms with Gasteiger partial charge in [-0.25, -0.2) is 0 Å². The molecule has 1 N–H and O–H groups in total. The first-order chi connectivity index (χ1) is 9.06. The molecule has 0 aliphatic carbocycles. The summed E-state index contributed by atoms with van der Waals surface area (Å²) < 4.78 is 5.05. The van der Waals surface area contributed by atoms with Crippen molar-refractivity contribution < 1.29 is 14.5 Å². The maximum absolute atomic E-state index is 10.9. The van der Waals surface area contributed by atoms with Gasteiger partial charge in [-0.15, -0.1) is 0 Å². The maximum Gasteiger partial charge on any atom is 0.288 e. The fourth-order valence-corrected chi connectivity index (χ4v) is 1.42. The number of nitrogens with zero attached hydrogens (tertiary/aromatic N) is 1. The van der Waals surface area contributed by atoms with Gasteiger partial charge in [0.25, 0.3) is 5.69 Å². The molecule has 1 aromatic carbocycles. The average Bonchev–Trinajstić information content (AvgIpc) is 2.37. The van der Waals surface area contributed by atoms with E-state index in [-0.39, 0.29) is 17.2 Å². The van der Waals surface area contributed by atoms with E-state index in [2.05, 4.69) is 17.2 Å². The van der Waals surface area contributed by atoms with Gasteiger partial charge in [0, 0.05) is 26.0 Å². The molecule has 0 heterocycles. The summed E-state index contributed by atoms with van der Waals surface area (Å²) >= 11 is 0. The van der Waals surface area contributed by atoms with Gasteiger partial charge >= 0.3 is 0 Å². The number of nitro groups is 1. The Morgan fingerprint density at radius 3 is 2.84 bits per heavy atom. The molecule has 0 saturated carbocycles. The fourth-order valence-electron chi connectivity index (χ4n) is 1.42. The predicted octanol–water partition coefficient (Wildman–Crippen LogP) is 1.48. The predicted molar refractivity (Wildman–Crippen MR) is 69.8 cm³/mol. The molecule has 1 rings (SSSR count). The quantitative estimate of drug-likeness (QED) is 0.385. The molecule has 0 aliphatic heterocycles. The number of hydrogen-bond donors (Lipinski definition) is 1. The van der Waals surface area contributed by atoms with Gasteiger partial charge in [0.2, 0.25) is 5.91 Å². The Labute approximate surface area is 110 Å². The van der Waals surface area contributed by atoms with Gasteiger partial charge in [0.1, 0.15) is 11.3 Å². The number of hydrogen-bond acceptors (Lipinski definition) is 4. The van der Waals surface area contributed by atoms with Crippen LogP contribution in [0.4, 0.5) is 5.69 Å². The molecule has 0 spiro atoms. The lowest BCUT2D eigenvalue weighted by Crippen LogP contribution is -2.20. The Kier molecular flexibility index (Phi) is 5.35. The number of amides is 1. The summed E-state index contributed by atoms with van der Waals surface area (Å²) in [6.45, 7) is 1.82. The lowest BCUT2D eigenvalue weighted by molar-refractivity contribution is -0.385. The smallest absolute Gasteiger partial charge is 0.288 e. The normalized spacial score (nSPS) is 9.16. The van der Waals surface area contributed by atoms with Crippen LogP contribution in [0.25, 0.3) is 0 Å². The highest BCUT2D eigenvalue weighted by molar-refractivity contribution is 5.72. The standard InChI is InChI=1S/C13H14N2O4/c1-10(16)14-9-4-3-6-11-12(15(17)18)7-5-8-13(11)19-2/h5,7-8H,4,9H2,1-2H3,(H,14,16). The number of nitrogens with one attached hydrogen (secondary N) is 1. The lowest BCUT2D eigenvalue weighted by Gasteiger charge is -2.03. The molecular weight excluding hydrogens is 248 g/mol. The highest BCUT2D eigenvalue weighted by atomic mass is 16.6. The Balaban J connectivity index is 2.89. The number of methoxy groups -OCH3 is 1. The number of rotatable bonds is 4. The van der Waals surface area contributed by atoms with Crippen molar-refractivity contribution in [3.8, 4) is 17.6 Å². The minimum Gasteiger partial charge on any atom is -0.495 e. The highest BCUT2D eigenvalue weighted by Crippen LogP contribution is 2.26. The molecule has 0 atom stereocenters. The zero-order chi connectivity index (χ0) is 14.3. The van der Waals surface area contributed by atoms with E-state index in [1.54, 1.807) is 12.1 Å². The van der Waals surface area contributed by atoms with E-state index in [9.17, 15) is 14.9 Å².